The summed E-state index contributed by atoms with van der Waals surface area (Å²) in [4.78, 5) is 2.42. The molecule has 3 rings (SSSR count). The SMILES string of the molecule is CS(=O)(=O)O[C@@H]1CC[C@@H]2CN(Cc3ccccc3)C[C@@H]21. The van der Waals surface area contributed by atoms with Gasteiger partial charge in [-0.2, -0.15) is 8.42 Å². The number of fused-ring (bicyclic) bond motifs is 1. The van der Waals surface area contributed by atoms with Crippen molar-refractivity contribution in [2.45, 2.75) is 25.5 Å². The summed E-state index contributed by atoms with van der Waals surface area (Å²) >= 11 is 0. The Bertz CT molecular complexity index is 558. The lowest BCUT2D eigenvalue weighted by molar-refractivity contribution is 0.156. The zero-order valence-electron chi connectivity index (χ0n) is 11.7. The zero-order chi connectivity index (χ0) is 14.2. The summed E-state index contributed by atoms with van der Waals surface area (Å²) in [5.41, 5.74) is 1.31. The third-order valence-corrected chi connectivity index (χ3v) is 5.01. The predicted molar refractivity (Wildman–Crippen MR) is 77.6 cm³/mol. The Balaban J connectivity index is 1.62. The lowest BCUT2D eigenvalue weighted by Crippen LogP contribution is -2.27. The Kier molecular flexibility index (Phi) is 3.84. The molecule has 1 aromatic rings. The Hall–Kier alpha value is -0.910. The van der Waals surface area contributed by atoms with Crippen molar-refractivity contribution in [1.82, 2.24) is 4.90 Å². The zero-order valence-corrected chi connectivity index (χ0v) is 12.6. The fourth-order valence-electron chi connectivity index (χ4n) is 3.62. The Morgan fingerprint density at radius 1 is 1.20 bits per heavy atom. The maximum absolute atomic E-state index is 11.3. The number of nitrogens with zero attached hydrogens (tertiary/aromatic N) is 1. The van der Waals surface area contributed by atoms with Gasteiger partial charge in [0.15, 0.2) is 0 Å². The number of likely N-dealkylation sites (tertiary alicyclic amines) is 1. The van der Waals surface area contributed by atoms with E-state index in [-0.39, 0.29) is 6.10 Å². The molecule has 1 aromatic carbocycles. The molecule has 0 radical (unpaired) electrons. The number of benzene rings is 1. The van der Waals surface area contributed by atoms with Crippen LogP contribution in [0, 0.1) is 11.8 Å². The topological polar surface area (TPSA) is 46.6 Å². The summed E-state index contributed by atoms with van der Waals surface area (Å²) in [5.74, 6) is 0.957. The maximum atomic E-state index is 11.3. The largest absolute Gasteiger partial charge is 0.298 e. The van der Waals surface area contributed by atoms with E-state index in [1.165, 1.54) is 5.56 Å². The van der Waals surface area contributed by atoms with Gasteiger partial charge in [0.25, 0.3) is 10.1 Å². The van der Waals surface area contributed by atoms with Crippen molar-refractivity contribution in [1.29, 1.82) is 0 Å². The molecule has 4 nitrogen and oxygen atoms in total. The molecule has 0 bridgehead atoms. The van der Waals surface area contributed by atoms with Crippen molar-refractivity contribution >= 4 is 10.1 Å². The number of rotatable bonds is 4. The van der Waals surface area contributed by atoms with E-state index in [0.717, 1.165) is 38.7 Å². The van der Waals surface area contributed by atoms with Crippen LogP contribution in [0.3, 0.4) is 0 Å². The summed E-state index contributed by atoms with van der Waals surface area (Å²) in [6, 6.07) is 10.4. The first-order chi connectivity index (χ1) is 9.51. The second kappa shape index (κ2) is 5.47. The molecular weight excluding hydrogens is 274 g/mol. The summed E-state index contributed by atoms with van der Waals surface area (Å²) in [6.45, 7) is 2.95. The molecule has 1 saturated carbocycles. The van der Waals surface area contributed by atoms with E-state index >= 15 is 0 Å². The van der Waals surface area contributed by atoms with Gasteiger partial charge < -0.3 is 0 Å². The van der Waals surface area contributed by atoms with E-state index in [1.807, 2.05) is 6.07 Å². The molecule has 20 heavy (non-hydrogen) atoms. The summed E-state index contributed by atoms with van der Waals surface area (Å²) in [6.07, 6.45) is 2.99. The fourth-order valence-corrected chi connectivity index (χ4v) is 4.31. The highest BCUT2D eigenvalue weighted by atomic mass is 32.2. The van der Waals surface area contributed by atoms with Crippen LogP contribution in [0.2, 0.25) is 0 Å². The van der Waals surface area contributed by atoms with E-state index in [0.29, 0.717) is 11.8 Å². The molecule has 0 aromatic heterocycles. The molecule has 2 aliphatic rings. The first-order valence-electron chi connectivity index (χ1n) is 7.16. The van der Waals surface area contributed by atoms with E-state index in [2.05, 4.69) is 29.2 Å². The van der Waals surface area contributed by atoms with Crippen LogP contribution in [0.5, 0.6) is 0 Å². The van der Waals surface area contributed by atoms with Crippen molar-refractivity contribution in [2.24, 2.45) is 11.8 Å². The standard InChI is InChI=1S/C15H21NO3S/c1-20(17,18)19-15-8-7-13-10-16(11-14(13)15)9-12-5-3-2-4-6-12/h2-6,13-15H,7-11H2,1H3/t13-,14+,15-/m1/s1. The van der Waals surface area contributed by atoms with Crippen LogP contribution < -0.4 is 0 Å². The minimum absolute atomic E-state index is 0.115. The number of hydrogen-bond donors (Lipinski definition) is 0. The number of hydrogen-bond acceptors (Lipinski definition) is 4. The molecule has 5 heteroatoms. The minimum Gasteiger partial charge on any atom is -0.298 e. The van der Waals surface area contributed by atoms with Crippen molar-refractivity contribution in [3.8, 4) is 0 Å². The van der Waals surface area contributed by atoms with E-state index in [9.17, 15) is 8.42 Å². The molecule has 0 N–H and O–H groups in total. The lowest BCUT2D eigenvalue weighted by Gasteiger charge is -2.20. The van der Waals surface area contributed by atoms with Crippen LogP contribution in [0.15, 0.2) is 30.3 Å². The first-order valence-corrected chi connectivity index (χ1v) is 8.97. The normalized spacial score (nSPS) is 30.6. The van der Waals surface area contributed by atoms with Gasteiger partial charge in [-0.25, -0.2) is 0 Å². The summed E-state index contributed by atoms with van der Waals surface area (Å²) in [7, 11) is -3.34. The summed E-state index contributed by atoms with van der Waals surface area (Å²) < 4.78 is 27.9. The average Bonchev–Trinajstić information content (AvgIpc) is 2.91. The Morgan fingerprint density at radius 3 is 2.65 bits per heavy atom. The highest BCUT2D eigenvalue weighted by molar-refractivity contribution is 7.86. The molecule has 0 unspecified atom stereocenters. The van der Waals surface area contributed by atoms with Gasteiger partial charge in [0.05, 0.1) is 12.4 Å². The second-order valence-electron chi connectivity index (χ2n) is 6.02. The van der Waals surface area contributed by atoms with Crippen molar-refractivity contribution < 1.29 is 12.6 Å². The molecule has 110 valence electrons. The summed E-state index contributed by atoms with van der Waals surface area (Å²) in [5, 5.41) is 0. The molecule has 1 saturated heterocycles. The quantitative estimate of drug-likeness (QED) is 0.796. The van der Waals surface area contributed by atoms with Gasteiger partial charge in [-0.3, -0.25) is 9.08 Å². The second-order valence-corrected chi connectivity index (χ2v) is 7.62. The third kappa shape index (κ3) is 3.22. The van der Waals surface area contributed by atoms with Crippen LogP contribution in [-0.2, 0) is 20.8 Å². The molecular formula is C15H21NO3S. The van der Waals surface area contributed by atoms with Crippen LogP contribution >= 0.6 is 0 Å². The van der Waals surface area contributed by atoms with Gasteiger partial charge in [0.1, 0.15) is 0 Å². The smallest absolute Gasteiger partial charge is 0.264 e. The van der Waals surface area contributed by atoms with Gasteiger partial charge in [0.2, 0.25) is 0 Å². The van der Waals surface area contributed by atoms with Crippen LogP contribution in [0.25, 0.3) is 0 Å². The van der Waals surface area contributed by atoms with E-state index < -0.39 is 10.1 Å². The molecule has 3 atom stereocenters. The van der Waals surface area contributed by atoms with Crippen LogP contribution in [0.4, 0.5) is 0 Å². The first kappa shape index (κ1) is 14.0. The monoisotopic (exact) mass is 295 g/mol. The predicted octanol–water partition coefficient (Wildman–Crippen LogP) is 1.87. The van der Waals surface area contributed by atoms with Crippen LogP contribution in [-0.4, -0.2) is 38.8 Å². The Labute approximate surface area is 120 Å². The van der Waals surface area contributed by atoms with Crippen molar-refractivity contribution in [3.63, 3.8) is 0 Å². The molecule has 1 aliphatic heterocycles. The molecule has 0 spiro atoms. The van der Waals surface area contributed by atoms with Gasteiger partial charge >= 0.3 is 0 Å². The van der Waals surface area contributed by atoms with E-state index in [1.54, 1.807) is 0 Å². The minimum atomic E-state index is -3.34. The Morgan fingerprint density at radius 2 is 1.95 bits per heavy atom. The van der Waals surface area contributed by atoms with Gasteiger partial charge in [-0.15, -0.1) is 0 Å². The highest BCUT2D eigenvalue weighted by Crippen LogP contribution is 2.40. The van der Waals surface area contributed by atoms with Gasteiger partial charge in [-0.05, 0) is 24.3 Å². The van der Waals surface area contributed by atoms with E-state index in [4.69, 9.17) is 4.18 Å². The van der Waals surface area contributed by atoms with Gasteiger partial charge in [-0.1, -0.05) is 30.3 Å². The molecule has 1 aliphatic carbocycles. The maximum Gasteiger partial charge on any atom is 0.264 e. The average molecular weight is 295 g/mol. The van der Waals surface area contributed by atoms with Crippen molar-refractivity contribution in [2.75, 3.05) is 19.3 Å². The van der Waals surface area contributed by atoms with Gasteiger partial charge in [0, 0.05) is 25.6 Å². The van der Waals surface area contributed by atoms with Crippen molar-refractivity contribution in [3.05, 3.63) is 35.9 Å². The fraction of sp³-hybridized carbons (Fsp3) is 0.600. The highest BCUT2D eigenvalue weighted by Gasteiger charge is 2.44. The molecule has 1 heterocycles. The molecule has 2 fully saturated rings. The van der Waals surface area contributed by atoms with Crippen LogP contribution in [0.1, 0.15) is 18.4 Å². The lowest BCUT2D eigenvalue weighted by atomic mass is 10.00. The molecule has 0 amide bonds. The third-order valence-electron chi connectivity index (χ3n) is 4.41.